The molecule has 2 rings (SSSR count). The minimum absolute atomic E-state index is 0.418. The van der Waals surface area contributed by atoms with Gasteiger partial charge in [-0.2, -0.15) is 5.10 Å². The number of nitrogens with zero attached hydrogens (tertiary/aromatic N) is 3. The van der Waals surface area contributed by atoms with E-state index in [4.69, 9.17) is 0 Å². The quantitative estimate of drug-likeness (QED) is 0.697. The molecule has 0 saturated heterocycles. The fourth-order valence-electron chi connectivity index (χ4n) is 1.74. The Morgan fingerprint density at radius 1 is 1.33 bits per heavy atom. The van der Waals surface area contributed by atoms with Crippen LogP contribution in [0.5, 0.6) is 0 Å². The molecule has 2 aromatic heterocycles. The Morgan fingerprint density at radius 2 is 2.28 bits per heavy atom. The highest BCUT2D eigenvalue weighted by molar-refractivity contribution is 5.08. The van der Waals surface area contributed by atoms with E-state index in [0.717, 1.165) is 13.0 Å². The lowest BCUT2D eigenvalue weighted by molar-refractivity contribution is 0.147. The highest BCUT2D eigenvalue weighted by Crippen LogP contribution is 1.95. The molecule has 0 aliphatic carbocycles. The standard InChI is InChI=1S/C13H18N4O/c18-13(11-17-8-2-6-16-17)10-15-7-4-12-3-1-5-14-9-12/h1-3,5-6,8-9,13,15,18H,4,7,10-11H2. The molecule has 5 heteroatoms. The van der Waals surface area contributed by atoms with E-state index in [1.54, 1.807) is 17.1 Å². The first-order valence-corrected chi connectivity index (χ1v) is 6.10. The molecule has 1 atom stereocenters. The number of rotatable bonds is 7. The molecule has 96 valence electrons. The summed E-state index contributed by atoms with van der Waals surface area (Å²) in [5.74, 6) is 0. The first-order valence-electron chi connectivity index (χ1n) is 6.10. The van der Waals surface area contributed by atoms with Crippen molar-refractivity contribution in [2.24, 2.45) is 0 Å². The molecule has 2 aromatic rings. The Hall–Kier alpha value is -1.72. The maximum Gasteiger partial charge on any atom is 0.0860 e. The molecule has 18 heavy (non-hydrogen) atoms. The zero-order valence-corrected chi connectivity index (χ0v) is 10.2. The van der Waals surface area contributed by atoms with E-state index in [-0.39, 0.29) is 0 Å². The fourth-order valence-corrected chi connectivity index (χ4v) is 1.74. The Bertz CT molecular complexity index is 430. The van der Waals surface area contributed by atoms with Crippen molar-refractivity contribution in [3.8, 4) is 0 Å². The van der Waals surface area contributed by atoms with Crippen LogP contribution in [-0.2, 0) is 13.0 Å². The van der Waals surface area contributed by atoms with Crippen LogP contribution >= 0.6 is 0 Å². The molecule has 2 heterocycles. The lowest BCUT2D eigenvalue weighted by Crippen LogP contribution is -2.31. The van der Waals surface area contributed by atoms with Gasteiger partial charge < -0.3 is 10.4 Å². The maximum absolute atomic E-state index is 9.78. The van der Waals surface area contributed by atoms with Gasteiger partial charge in [-0.25, -0.2) is 0 Å². The summed E-state index contributed by atoms with van der Waals surface area (Å²) in [5.41, 5.74) is 1.20. The molecule has 0 amide bonds. The van der Waals surface area contributed by atoms with Gasteiger partial charge >= 0.3 is 0 Å². The molecule has 5 nitrogen and oxygen atoms in total. The first kappa shape index (κ1) is 12.7. The number of hydrogen-bond acceptors (Lipinski definition) is 4. The van der Waals surface area contributed by atoms with E-state index in [2.05, 4.69) is 21.5 Å². The van der Waals surface area contributed by atoms with Gasteiger partial charge in [-0.15, -0.1) is 0 Å². The van der Waals surface area contributed by atoms with Gasteiger partial charge in [0.25, 0.3) is 0 Å². The molecule has 2 N–H and O–H groups in total. The molecular formula is C13H18N4O. The lowest BCUT2D eigenvalue weighted by atomic mass is 10.2. The monoisotopic (exact) mass is 246 g/mol. The van der Waals surface area contributed by atoms with Gasteiger partial charge in [-0.3, -0.25) is 9.67 Å². The van der Waals surface area contributed by atoms with Gasteiger partial charge in [0, 0.05) is 31.3 Å². The topological polar surface area (TPSA) is 63.0 Å². The normalized spacial score (nSPS) is 12.5. The van der Waals surface area contributed by atoms with Gasteiger partial charge in [0.15, 0.2) is 0 Å². The SMILES string of the molecule is OC(CNCCc1cccnc1)Cn1cccn1. The van der Waals surface area contributed by atoms with Crippen LogP contribution in [0.1, 0.15) is 5.56 Å². The van der Waals surface area contributed by atoms with E-state index in [9.17, 15) is 5.11 Å². The minimum Gasteiger partial charge on any atom is -0.390 e. The smallest absolute Gasteiger partial charge is 0.0860 e. The van der Waals surface area contributed by atoms with Crippen molar-refractivity contribution < 1.29 is 5.11 Å². The van der Waals surface area contributed by atoms with Crippen LogP contribution in [0.15, 0.2) is 43.0 Å². The van der Waals surface area contributed by atoms with Crippen molar-refractivity contribution in [3.05, 3.63) is 48.5 Å². The zero-order chi connectivity index (χ0) is 12.6. The number of pyridine rings is 1. The largest absolute Gasteiger partial charge is 0.390 e. The Morgan fingerprint density at radius 3 is 3.00 bits per heavy atom. The second kappa shape index (κ2) is 6.88. The summed E-state index contributed by atoms with van der Waals surface area (Å²) >= 11 is 0. The van der Waals surface area contributed by atoms with Crippen molar-refractivity contribution in [1.29, 1.82) is 0 Å². The molecule has 1 unspecified atom stereocenters. The second-order valence-electron chi connectivity index (χ2n) is 4.20. The molecular weight excluding hydrogens is 228 g/mol. The Balaban J connectivity index is 1.60. The lowest BCUT2D eigenvalue weighted by Gasteiger charge is -2.11. The predicted molar refractivity (Wildman–Crippen MR) is 69.0 cm³/mol. The molecule has 0 aliphatic rings. The average molecular weight is 246 g/mol. The molecule has 0 aromatic carbocycles. The summed E-state index contributed by atoms with van der Waals surface area (Å²) in [6.45, 7) is 1.93. The molecule has 0 bridgehead atoms. The van der Waals surface area contributed by atoms with Crippen LogP contribution in [-0.4, -0.2) is 39.1 Å². The highest BCUT2D eigenvalue weighted by atomic mass is 16.3. The molecule has 0 aliphatic heterocycles. The van der Waals surface area contributed by atoms with Gasteiger partial charge in [0.1, 0.15) is 0 Å². The zero-order valence-electron chi connectivity index (χ0n) is 10.2. The summed E-state index contributed by atoms with van der Waals surface area (Å²) in [6.07, 6.45) is 7.69. The number of nitrogens with one attached hydrogen (secondary N) is 1. The Kier molecular flexibility index (Phi) is 4.87. The maximum atomic E-state index is 9.78. The van der Waals surface area contributed by atoms with Gasteiger partial charge in [0.2, 0.25) is 0 Å². The molecule has 0 saturated carbocycles. The van der Waals surface area contributed by atoms with Crippen LogP contribution in [0, 0.1) is 0 Å². The van der Waals surface area contributed by atoms with E-state index in [1.165, 1.54) is 5.56 Å². The van der Waals surface area contributed by atoms with Gasteiger partial charge in [-0.05, 0) is 30.7 Å². The van der Waals surface area contributed by atoms with E-state index in [0.29, 0.717) is 13.1 Å². The van der Waals surface area contributed by atoms with Crippen molar-refractivity contribution in [2.75, 3.05) is 13.1 Å². The van der Waals surface area contributed by atoms with Crippen LogP contribution < -0.4 is 5.32 Å². The average Bonchev–Trinajstić information content (AvgIpc) is 2.89. The second-order valence-corrected chi connectivity index (χ2v) is 4.20. The molecule has 0 spiro atoms. The molecule has 0 radical (unpaired) electrons. The summed E-state index contributed by atoms with van der Waals surface area (Å²) in [7, 11) is 0. The molecule has 0 fully saturated rings. The van der Waals surface area contributed by atoms with Crippen molar-refractivity contribution in [1.82, 2.24) is 20.1 Å². The minimum atomic E-state index is -0.418. The van der Waals surface area contributed by atoms with Gasteiger partial charge in [0.05, 0.1) is 12.6 Å². The predicted octanol–water partition coefficient (Wildman–Crippen LogP) is 0.471. The van der Waals surface area contributed by atoms with Crippen molar-refractivity contribution in [3.63, 3.8) is 0 Å². The number of aliphatic hydroxyl groups excluding tert-OH is 1. The number of hydrogen-bond donors (Lipinski definition) is 2. The number of aliphatic hydroxyl groups is 1. The van der Waals surface area contributed by atoms with Crippen LogP contribution in [0.3, 0.4) is 0 Å². The number of aromatic nitrogens is 3. The third kappa shape index (κ3) is 4.27. The summed E-state index contributed by atoms with van der Waals surface area (Å²) in [5, 5.41) is 17.1. The van der Waals surface area contributed by atoms with E-state index < -0.39 is 6.10 Å². The summed E-state index contributed by atoms with van der Waals surface area (Å²) in [4.78, 5) is 4.06. The third-order valence-electron chi connectivity index (χ3n) is 2.65. The third-order valence-corrected chi connectivity index (χ3v) is 2.65. The van der Waals surface area contributed by atoms with Crippen LogP contribution in [0.25, 0.3) is 0 Å². The van der Waals surface area contributed by atoms with Crippen molar-refractivity contribution >= 4 is 0 Å². The van der Waals surface area contributed by atoms with Crippen molar-refractivity contribution in [2.45, 2.75) is 19.1 Å². The Labute approximate surface area is 106 Å². The van der Waals surface area contributed by atoms with Crippen LogP contribution in [0.4, 0.5) is 0 Å². The summed E-state index contributed by atoms with van der Waals surface area (Å²) < 4.78 is 1.73. The fraction of sp³-hybridized carbons (Fsp3) is 0.385. The van der Waals surface area contributed by atoms with Crippen LogP contribution in [0.2, 0.25) is 0 Å². The summed E-state index contributed by atoms with van der Waals surface area (Å²) in [6, 6.07) is 5.83. The van der Waals surface area contributed by atoms with E-state index in [1.807, 2.05) is 24.5 Å². The highest BCUT2D eigenvalue weighted by Gasteiger charge is 2.04. The van der Waals surface area contributed by atoms with Gasteiger partial charge in [-0.1, -0.05) is 6.07 Å². The first-order chi connectivity index (χ1) is 8.84. The van der Waals surface area contributed by atoms with E-state index >= 15 is 0 Å².